The minimum atomic E-state index is 0.144. The van der Waals surface area contributed by atoms with Crippen molar-refractivity contribution in [3.05, 3.63) is 95.8 Å². The molecule has 2 aromatic heterocycles. The van der Waals surface area contributed by atoms with Crippen LogP contribution in [0.3, 0.4) is 0 Å². The molecule has 5 aromatic rings. The van der Waals surface area contributed by atoms with E-state index in [-0.39, 0.29) is 5.95 Å². The molecular formula is C24H19ClN8S. The van der Waals surface area contributed by atoms with Crippen molar-refractivity contribution in [2.45, 2.75) is 10.9 Å². The van der Waals surface area contributed by atoms with Crippen molar-refractivity contribution in [1.82, 2.24) is 29.7 Å². The highest BCUT2D eigenvalue weighted by Crippen LogP contribution is 2.32. The molecule has 0 amide bonds. The maximum Gasteiger partial charge on any atom is 0.232 e. The molecule has 0 atom stereocenters. The number of nitrogens with zero attached hydrogens (tertiary/aromatic N) is 6. The molecule has 3 N–H and O–H groups in total. The van der Waals surface area contributed by atoms with Crippen molar-refractivity contribution in [3.63, 3.8) is 0 Å². The first-order chi connectivity index (χ1) is 16.7. The van der Waals surface area contributed by atoms with Crippen molar-refractivity contribution < 1.29 is 0 Å². The first-order valence-corrected chi connectivity index (χ1v) is 11.7. The highest BCUT2D eigenvalue weighted by molar-refractivity contribution is 7.98. The van der Waals surface area contributed by atoms with Crippen LogP contribution in [0.1, 0.15) is 5.82 Å². The van der Waals surface area contributed by atoms with E-state index >= 15 is 0 Å². The first kappa shape index (κ1) is 21.9. The van der Waals surface area contributed by atoms with E-state index in [1.807, 2.05) is 89.5 Å². The van der Waals surface area contributed by atoms with Crippen molar-refractivity contribution in [2.75, 3.05) is 11.1 Å². The van der Waals surface area contributed by atoms with Gasteiger partial charge in [0.15, 0.2) is 11.0 Å². The van der Waals surface area contributed by atoms with Gasteiger partial charge in [-0.15, -0.1) is 10.2 Å². The van der Waals surface area contributed by atoms with Crippen LogP contribution < -0.4 is 11.1 Å². The number of hydrogen-bond acceptors (Lipinski definition) is 8. The molecular weight excluding hydrogens is 468 g/mol. The molecule has 10 heteroatoms. The van der Waals surface area contributed by atoms with E-state index in [0.717, 1.165) is 16.9 Å². The third-order valence-corrected chi connectivity index (χ3v) is 6.08. The molecule has 0 saturated carbocycles. The van der Waals surface area contributed by atoms with Gasteiger partial charge in [-0.3, -0.25) is 4.57 Å². The van der Waals surface area contributed by atoms with Crippen LogP contribution in [0.2, 0.25) is 5.02 Å². The highest BCUT2D eigenvalue weighted by atomic mass is 35.5. The molecule has 5 rings (SSSR count). The van der Waals surface area contributed by atoms with Gasteiger partial charge in [0.1, 0.15) is 5.82 Å². The van der Waals surface area contributed by atoms with Gasteiger partial charge in [-0.25, -0.2) is 0 Å². The van der Waals surface area contributed by atoms with Crippen LogP contribution in [0.15, 0.2) is 90.1 Å². The topological polar surface area (TPSA) is 107 Å². The van der Waals surface area contributed by atoms with Gasteiger partial charge in [0.25, 0.3) is 0 Å². The van der Waals surface area contributed by atoms with E-state index in [4.69, 9.17) is 17.3 Å². The summed E-state index contributed by atoms with van der Waals surface area (Å²) in [6, 6.07) is 27.1. The maximum atomic E-state index is 6.47. The monoisotopic (exact) mass is 486 g/mol. The lowest BCUT2D eigenvalue weighted by molar-refractivity contribution is 0.882. The van der Waals surface area contributed by atoms with Crippen LogP contribution in [-0.2, 0) is 5.75 Å². The van der Waals surface area contributed by atoms with E-state index in [2.05, 4.69) is 30.5 Å². The second-order valence-corrected chi connectivity index (χ2v) is 8.52. The number of nitrogens with one attached hydrogen (secondary N) is 1. The normalized spacial score (nSPS) is 10.9. The molecule has 0 aliphatic heterocycles. The van der Waals surface area contributed by atoms with E-state index in [1.165, 1.54) is 11.8 Å². The molecule has 0 aliphatic rings. The summed E-state index contributed by atoms with van der Waals surface area (Å²) < 4.78 is 1.97. The Hall–Kier alpha value is -3.95. The summed E-state index contributed by atoms with van der Waals surface area (Å²) in [5.74, 6) is 2.13. The van der Waals surface area contributed by atoms with Crippen molar-refractivity contribution in [1.29, 1.82) is 0 Å². The lowest BCUT2D eigenvalue weighted by Crippen LogP contribution is -2.07. The zero-order chi connectivity index (χ0) is 23.3. The molecule has 0 radical (unpaired) electrons. The second kappa shape index (κ2) is 9.90. The Morgan fingerprint density at radius 1 is 0.824 bits per heavy atom. The maximum absolute atomic E-state index is 6.47. The Morgan fingerprint density at radius 2 is 1.53 bits per heavy atom. The smallest absolute Gasteiger partial charge is 0.232 e. The van der Waals surface area contributed by atoms with Gasteiger partial charge in [0.05, 0.1) is 10.8 Å². The number of thioether (sulfide) groups is 1. The molecule has 0 fully saturated rings. The van der Waals surface area contributed by atoms with Gasteiger partial charge >= 0.3 is 0 Å². The molecule has 0 unspecified atom stereocenters. The number of nitrogens with two attached hydrogens (primary N) is 1. The predicted molar refractivity (Wildman–Crippen MR) is 135 cm³/mol. The Bertz CT molecular complexity index is 1410. The van der Waals surface area contributed by atoms with E-state index in [9.17, 15) is 0 Å². The van der Waals surface area contributed by atoms with Gasteiger partial charge in [-0.05, 0) is 36.4 Å². The third kappa shape index (κ3) is 4.85. The van der Waals surface area contributed by atoms with E-state index < -0.39 is 0 Å². The Kier molecular flexibility index (Phi) is 6.37. The number of aromatic nitrogens is 6. The van der Waals surface area contributed by atoms with Crippen LogP contribution in [0.4, 0.5) is 17.6 Å². The van der Waals surface area contributed by atoms with E-state index in [0.29, 0.717) is 33.5 Å². The average molecular weight is 487 g/mol. The van der Waals surface area contributed by atoms with Gasteiger partial charge in [-0.2, -0.15) is 15.0 Å². The molecule has 0 spiro atoms. The fourth-order valence-corrected chi connectivity index (χ4v) is 4.36. The Balaban J connectivity index is 1.45. The quantitative estimate of drug-likeness (QED) is 0.295. The number of rotatable bonds is 7. The molecule has 0 saturated heterocycles. The second-order valence-electron chi connectivity index (χ2n) is 7.17. The molecule has 3 aromatic carbocycles. The molecule has 0 aliphatic carbocycles. The van der Waals surface area contributed by atoms with Crippen molar-refractivity contribution >= 4 is 40.9 Å². The Morgan fingerprint density at radius 3 is 2.29 bits per heavy atom. The van der Waals surface area contributed by atoms with Crippen LogP contribution in [0, 0.1) is 0 Å². The van der Waals surface area contributed by atoms with Crippen LogP contribution in [0.25, 0.3) is 17.1 Å². The minimum Gasteiger partial charge on any atom is -0.368 e. The minimum absolute atomic E-state index is 0.144. The lowest BCUT2D eigenvalue weighted by atomic mass is 10.2. The van der Waals surface area contributed by atoms with Gasteiger partial charge in [-0.1, -0.05) is 71.9 Å². The van der Waals surface area contributed by atoms with E-state index in [1.54, 1.807) is 0 Å². The summed E-state index contributed by atoms with van der Waals surface area (Å²) in [4.78, 5) is 13.0. The van der Waals surface area contributed by atoms with Crippen molar-refractivity contribution in [2.24, 2.45) is 0 Å². The van der Waals surface area contributed by atoms with Gasteiger partial charge < -0.3 is 11.1 Å². The number of nitrogen functional groups attached to an aromatic ring is 1. The summed E-state index contributed by atoms with van der Waals surface area (Å²) in [5.41, 5.74) is 8.52. The standard InChI is InChI=1S/C24H19ClN8S/c25-19-14-8-7-13-18(19)21-31-32-24(33(21)17-11-5-2-6-12-17)34-15-20-28-22(26)30-23(29-20)27-16-9-3-1-4-10-16/h1-14H,15H2,(H3,26,27,28,29,30). The van der Waals surface area contributed by atoms with Crippen LogP contribution >= 0.6 is 23.4 Å². The van der Waals surface area contributed by atoms with Gasteiger partial charge in [0.2, 0.25) is 11.9 Å². The number of anilines is 3. The fraction of sp³-hybridized carbons (Fsp3) is 0.0417. The Labute approximate surface area is 205 Å². The van der Waals surface area contributed by atoms with Crippen molar-refractivity contribution in [3.8, 4) is 17.1 Å². The number of halogens is 1. The van der Waals surface area contributed by atoms with Crippen LogP contribution in [0.5, 0.6) is 0 Å². The number of benzene rings is 3. The lowest BCUT2D eigenvalue weighted by Gasteiger charge is -2.11. The third-order valence-electron chi connectivity index (χ3n) is 4.82. The zero-order valence-corrected chi connectivity index (χ0v) is 19.4. The number of hydrogen-bond donors (Lipinski definition) is 2. The molecule has 0 bridgehead atoms. The zero-order valence-electron chi connectivity index (χ0n) is 17.8. The summed E-state index contributed by atoms with van der Waals surface area (Å²) in [6.07, 6.45) is 0. The SMILES string of the molecule is Nc1nc(CSc2nnc(-c3ccccc3Cl)n2-c2ccccc2)nc(Nc2ccccc2)n1. The average Bonchev–Trinajstić information content (AvgIpc) is 3.27. The summed E-state index contributed by atoms with van der Waals surface area (Å²) >= 11 is 7.92. The fourth-order valence-electron chi connectivity index (χ4n) is 3.33. The predicted octanol–water partition coefficient (Wildman–Crippen LogP) is 5.39. The van der Waals surface area contributed by atoms with Crippen LogP contribution in [-0.4, -0.2) is 29.7 Å². The summed E-state index contributed by atoms with van der Waals surface area (Å²) in [7, 11) is 0. The summed E-state index contributed by atoms with van der Waals surface area (Å²) in [6.45, 7) is 0. The molecule has 8 nitrogen and oxygen atoms in total. The molecule has 2 heterocycles. The first-order valence-electron chi connectivity index (χ1n) is 10.4. The summed E-state index contributed by atoms with van der Waals surface area (Å²) in [5, 5.41) is 13.3. The number of para-hydroxylation sites is 2. The molecule has 168 valence electrons. The highest BCUT2D eigenvalue weighted by Gasteiger charge is 2.18. The molecule has 34 heavy (non-hydrogen) atoms. The largest absolute Gasteiger partial charge is 0.368 e. The van der Waals surface area contributed by atoms with Gasteiger partial charge in [0, 0.05) is 16.9 Å².